The highest BCUT2D eigenvalue weighted by molar-refractivity contribution is 6.21. The van der Waals surface area contributed by atoms with Crippen LogP contribution < -0.4 is 10.5 Å². The van der Waals surface area contributed by atoms with Gasteiger partial charge in [0.15, 0.2) is 0 Å². The molecule has 2 aromatic rings. The molecule has 0 saturated carbocycles. The SMILES string of the molecule is COc1ccc(CN2C(=O)c3ccc(N)cc3C2=O)cn1. The summed E-state index contributed by atoms with van der Waals surface area (Å²) in [7, 11) is 1.52. The fourth-order valence-corrected chi connectivity index (χ4v) is 2.26. The third kappa shape index (κ3) is 2.20. The number of nitrogens with zero attached hydrogens (tertiary/aromatic N) is 2. The first-order chi connectivity index (χ1) is 10.1. The zero-order valence-corrected chi connectivity index (χ0v) is 11.4. The summed E-state index contributed by atoms with van der Waals surface area (Å²) in [5, 5.41) is 0. The smallest absolute Gasteiger partial charge is 0.261 e. The number of aromatic nitrogens is 1. The quantitative estimate of drug-likeness (QED) is 0.681. The molecule has 6 nitrogen and oxygen atoms in total. The number of pyridine rings is 1. The molecule has 0 fully saturated rings. The number of carbonyl (C=O) groups excluding carboxylic acids is 2. The summed E-state index contributed by atoms with van der Waals surface area (Å²) < 4.78 is 4.97. The number of anilines is 1. The molecule has 0 atom stereocenters. The minimum Gasteiger partial charge on any atom is -0.481 e. The standard InChI is InChI=1S/C15H13N3O3/c1-21-13-5-2-9(7-17-13)8-18-14(19)11-4-3-10(16)6-12(11)15(18)20/h2-7H,8,16H2,1H3. The number of ether oxygens (including phenoxy) is 1. The van der Waals surface area contributed by atoms with Crippen molar-refractivity contribution in [3.8, 4) is 5.88 Å². The van der Waals surface area contributed by atoms with Crippen molar-refractivity contribution in [1.29, 1.82) is 0 Å². The second-order valence-corrected chi connectivity index (χ2v) is 4.71. The van der Waals surface area contributed by atoms with Crippen LogP contribution in [-0.2, 0) is 6.54 Å². The lowest BCUT2D eigenvalue weighted by Crippen LogP contribution is -2.29. The van der Waals surface area contributed by atoms with Gasteiger partial charge in [0.05, 0.1) is 24.8 Å². The van der Waals surface area contributed by atoms with E-state index in [1.807, 2.05) is 0 Å². The van der Waals surface area contributed by atoms with E-state index in [0.717, 1.165) is 5.56 Å². The van der Waals surface area contributed by atoms with Gasteiger partial charge >= 0.3 is 0 Å². The molecule has 2 amide bonds. The fourth-order valence-electron chi connectivity index (χ4n) is 2.26. The van der Waals surface area contributed by atoms with Gasteiger partial charge in [-0.1, -0.05) is 6.07 Å². The Kier molecular flexibility index (Phi) is 3.06. The predicted molar refractivity (Wildman–Crippen MR) is 75.8 cm³/mol. The van der Waals surface area contributed by atoms with Crippen molar-refractivity contribution < 1.29 is 14.3 Å². The van der Waals surface area contributed by atoms with Crippen molar-refractivity contribution in [3.63, 3.8) is 0 Å². The first-order valence-corrected chi connectivity index (χ1v) is 6.35. The topological polar surface area (TPSA) is 85.5 Å². The second-order valence-electron chi connectivity index (χ2n) is 4.71. The van der Waals surface area contributed by atoms with Crippen molar-refractivity contribution >= 4 is 17.5 Å². The summed E-state index contributed by atoms with van der Waals surface area (Å²) in [6.07, 6.45) is 1.58. The lowest BCUT2D eigenvalue weighted by atomic mass is 10.1. The molecule has 3 rings (SSSR count). The van der Waals surface area contributed by atoms with Gasteiger partial charge in [-0.05, 0) is 23.8 Å². The van der Waals surface area contributed by atoms with Crippen molar-refractivity contribution in [2.24, 2.45) is 0 Å². The maximum Gasteiger partial charge on any atom is 0.261 e. The van der Waals surface area contributed by atoms with E-state index < -0.39 is 0 Å². The van der Waals surface area contributed by atoms with E-state index in [1.165, 1.54) is 18.1 Å². The summed E-state index contributed by atoms with van der Waals surface area (Å²) in [6.45, 7) is 0.170. The number of nitrogen functional groups attached to an aromatic ring is 1. The molecule has 1 aromatic carbocycles. The van der Waals surface area contributed by atoms with Crippen LogP contribution in [0.25, 0.3) is 0 Å². The van der Waals surface area contributed by atoms with Crippen LogP contribution in [0.1, 0.15) is 26.3 Å². The van der Waals surface area contributed by atoms with Gasteiger partial charge in [-0.3, -0.25) is 14.5 Å². The molecule has 0 radical (unpaired) electrons. The van der Waals surface area contributed by atoms with E-state index in [1.54, 1.807) is 30.5 Å². The van der Waals surface area contributed by atoms with E-state index in [4.69, 9.17) is 10.5 Å². The zero-order valence-electron chi connectivity index (χ0n) is 11.4. The van der Waals surface area contributed by atoms with E-state index >= 15 is 0 Å². The summed E-state index contributed by atoms with van der Waals surface area (Å²) in [6, 6.07) is 8.18. The maximum atomic E-state index is 12.3. The normalized spacial score (nSPS) is 13.5. The van der Waals surface area contributed by atoms with Gasteiger partial charge < -0.3 is 10.5 Å². The monoisotopic (exact) mass is 283 g/mol. The average Bonchev–Trinajstić information content (AvgIpc) is 2.73. The number of methoxy groups -OCH3 is 1. The van der Waals surface area contributed by atoms with Crippen LogP contribution in [0.5, 0.6) is 5.88 Å². The molecular weight excluding hydrogens is 270 g/mol. The lowest BCUT2D eigenvalue weighted by Gasteiger charge is -2.13. The van der Waals surface area contributed by atoms with Crippen LogP contribution >= 0.6 is 0 Å². The van der Waals surface area contributed by atoms with Crippen LogP contribution in [0.3, 0.4) is 0 Å². The Balaban J connectivity index is 1.87. The molecule has 0 spiro atoms. The highest BCUT2D eigenvalue weighted by Gasteiger charge is 2.35. The number of benzene rings is 1. The summed E-state index contributed by atoms with van der Waals surface area (Å²) in [4.78, 5) is 29.8. The molecule has 1 aliphatic rings. The zero-order chi connectivity index (χ0) is 15.0. The largest absolute Gasteiger partial charge is 0.481 e. The highest BCUT2D eigenvalue weighted by atomic mass is 16.5. The molecule has 0 unspecified atom stereocenters. The Labute approximate surface area is 121 Å². The van der Waals surface area contributed by atoms with Crippen LogP contribution in [0, 0.1) is 0 Å². The van der Waals surface area contributed by atoms with Gasteiger partial charge in [0.1, 0.15) is 0 Å². The van der Waals surface area contributed by atoms with Gasteiger partial charge in [0.2, 0.25) is 5.88 Å². The molecule has 1 aliphatic heterocycles. The molecule has 106 valence electrons. The molecule has 0 aliphatic carbocycles. The van der Waals surface area contributed by atoms with E-state index in [9.17, 15) is 9.59 Å². The second kappa shape index (κ2) is 4.90. The van der Waals surface area contributed by atoms with Crippen molar-refractivity contribution in [2.45, 2.75) is 6.54 Å². The molecule has 1 aromatic heterocycles. The Hall–Kier alpha value is -2.89. The Morgan fingerprint density at radius 2 is 1.90 bits per heavy atom. The van der Waals surface area contributed by atoms with Crippen molar-refractivity contribution in [3.05, 3.63) is 53.2 Å². The third-order valence-corrected chi connectivity index (χ3v) is 3.34. The van der Waals surface area contributed by atoms with E-state index in [0.29, 0.717) is 22.7 Å². The first-order valence-electron chi connectivity index (χ1n) is 6.35. The van der Waals surface area contributed by atoms with Crippen LogP contribution in [0.15, 0.2) is 36.5 Å². The molecule has 0 bridgehead atoms. The number of rotatable bonds is 3. The molecular formula is C15H13N3O3. The average molecular weight is 283 g/mol. The lowest BCUT2D eigenvalue weighted by molar-refractivity contribution is 0.0642. The van der Waals surface area contributed by atoms with Crippen molar-refractivity contribution in [2.75, 3.05) is 12.8 Å². The Bertz CT molecular complexity index is 725. The molecule has 21 heavy (non-hydrogen) atoms. The fraction of sp³-hybridized carbons (Fsp3) is 0.133. The number of hydrogen-bond donors (Lipinski definition) is 1. The number of hydrogen-bond acceptors (Lipinski definition) is 5. The Morgan fingerprint density at radius 1 is 1.14 bits per heavy atom. The third-order valence-electron chi connectivity index (χ3n) is 3.34. The predicted octanol–water partition coefficient (Wildman–Crippen LogP) is 1.47. The van der Waals surface area contributed by atoms with E-state index in [-0.39, 0.29) is 18.4 Å². The maximum absolute atomic E-state index is 12.3. The van der Waals surface area contributed by atoms with E-state index in [2.05, 4.69) is 4.98 Å². The summed E-state index contributed by atoms with van der Waals surface area (Å²) in [5.74, 6) is -0.169. The van der Waals surface area contributed by atoms with Crippen LogP contribution in [0.2, 0.25) is 0 Å². The van der Waals surface area contributed by atoms with Gasteiger partial charge in [-0.15, -0.1) is 0 Å². The molecule has 2 N–H and O–H groups in total. The molecule has 2 heterocycles. The van der Waals surface area contributed by atoms with Gasteiger partial charge in [-0.25, -0.2) is 4.98 Å². The van der Waals surface area contributed by atoms with Crippen LogP contribution in [-0.4, -0.2) is 28.8 Å². The number of carbonyl (C=O) groups is 2. The van der Waals surface area contributed by atoms with Gasteiger partial charge in [0, 0.05) is 18.0 Å². The molecule has 0 saturated heterocycles. The number of nitrogens with two attached hydrogens (primary N) is 1. The van der Waals surface area contributed by atoms with Crippen molar-refractivity contribution in [1.82, 2.24) is 9.88 Å². The first kappa shape index (κ1) is 13.1. The number of amides is 2. The van der Waals surface area contributed by atoms with Crippen LogP contribution in [0.4, 0.5) is 5.69 Å². The van der Waals surface area contributed by atoms with Gasteiger partial charge in [0.25, 0.3) is 11.8 Å². The number of imide groups is 1. The summed E-state index contributed by atoms with van der Waals surface area (Å²) in [5.41, 5.74) is 7.61. The van der Waals surface area contributed by atoms with Gasteiger partial charge in [-0.2, -0.15) is 0 Å². The molecule has 6 heteroatoms. The minimum atomic E-state index is -0.335. The highest BCUT2D eigenvalue weighted by Crippen LogP contribution is 2.26. The summed E-state index contributed by atoms with van der Waals surface area (Å²) >= 11 is 0. The Morgan fingerprint density at radius 3 is 2.57 bits per heavy atom. The minimum absolute atomic E-state index is 0.170. The number of fused-ring (bicyclic) bond motifs is 1.